The lowest BCUT2D eigenvalue weighted by atomic mass is 9.95. The van der Waals surface area contributed by atoms with Crippen molar-refractivity contribution in [2.75, 3.05) is 25.0 Å². The topological polar surface area (TPSA) is 76.1 Å². The molecule has 1 fully saturated rings. The van der Waals surface area contributed by atoms with Crippen LogP contribution in [-0.4, -0.2) is 35.7 Å². The van der Waals surface area contributed by atoms with Crippen molar-refractivity contribution in [1.82, 2.24) is 15.5 Å². The minimum absolute atomic E-state index is 0.115. The molecule has 0 saturated carbocycles. The Labute approximate surface area is 189 Å². The Kier molecular flexibility index (Phi) is 7.46. The number of hydrogen-bond donors (Lipinski definition) is 2. The van der Waals surface area contributed by atoms with Gasteiger partial charge >= 0.3 is 0 Å². The molecule has 1 aromatic heterocycles. The molecule has 2 aromatic carbocycles. The molecule has 6 heteroatoms. The summed E-state index contributed by atoms with van der Waals surface area (Å²) in [5.74, 6) is 1.61. The molecule has 4 rings (SSSR count). The molecular weight excluding hydrogens is 400 g/mol. The number of ketones is 1. The molecule has 2 N–H and O–H groups in total. The van der Waals surface area contributed by atoms with Gasteiger partial charge in [0.1, 0.15) is 5.75 Å². The van der Waals surface area contributed by atoms with Crippen molar-refractivity contribution >= 4 is 17.2 Å². The first-order valence-corrected chi connectivity index (χ1v) is 11.3. The minimum Gasteiger partial charge on any atom is -0.494 e. The quantitative estimate of drug-likeness (QED) is 0.476. The monoisotopic (exact) mass is 430 g/mol. The number of piperidine rings is 1. The number of nitrogens with one attached hydrogen (secondary N) is 2. The first-order chi connectivity index (χ1) is 15.7. The lowest BCUT2D eigenvalue weighted by Crippen LogP contribution is -2.28. The summed E-state index contributed by atoms with van der Waals surface area (Å²) >= 11 is 0. The molecule has 6 nitrogen and oxygen atoms in total. The summed E-state index contributed by atoms with van der Waals surface area (Å²) in [5.41, 5.74) is 4.37. The third kappa shape index (κ3) is 6.14. The van der Waals surface area contributed by atoms with E-state index in [2.05, 4.69) is 57.2 Å². The van der Waals surface area contributed by atoms with Crippen LogP contribution in [0, 0.1) is 5.92 Å². The van der Waals surface area contributed by atoms with E-state index in [0.29, 0.717) is 11.4 Å². The van der Waals surface area contributed by atoms with Crippen LogP contribution in [0.25, 0.3) is 0 Å². The van der Waals surface area contributed by atoms with E-state index in [1.54, 1.807) is 12.3 Å². The van der Waals surface area contributed by atoms with Gasteiger partial charge in [-0.05, 0) is 86.1 Å². The van der Waals surface area contributed by atoms with Crippen LogP contribution >= 0.6 is 0 Å². The normalized spacial score (nSPS) is 14.2. The number of rotatable bonds is 9. The standard InChI is InChI=1S/C26H30N4O2/c1-19(31)26-25(12-16-28-30-26)29-23-6-2-21(3-7-23)18-22-4-8-24(9-5-22)32-17-13-20-10-14-27-15-11-20/h2-9,12,16,20,27H,10-11,13-15,17-18H2,1H3,(H,28,29). The fourth-order valence-electron chi connectivity index (χ4n) is 4.01. The number of nitrogens with zero attached hydrogens (tertiary/aromatic N) is 2. The Morgan fingerprint density at radius 1 is 1.03 bits per heavy atom. The second-order valence-corrected chi connectivity index (χ2v) is 8.32. The first-order valence-electron chi connectivity index (χ1n) is 11.3. The van der Waals surface area contributed by atoms with Crippen molar-refractivity contribution in [1.29, 1.82) is 0 Å². The zero-order valence-electron chi connectivity index (χ0n) is 18.5. The van der Waals surface area contributed by atoms with Crippen molar-refractivity contribution < 1.29 is 9.53 Å². The van der Waals surface area contributed by atoms with E-state index in [-0.39, 0.29) is 5.78 Å². The van der Waals surface area contributed by atoms with Gasteiger partial charge < -0.3 is 15.4 Å². The predicted octanol–water partition coefficient (Wildman–Crippen LogP) is 4.78. The highest BCUT2D eigenvalue weighted by atomic mass is 16.5. The van der Waals surface area contributed by atoms with E-state index in [0.717, 1.165) is 49.9 Å². The number of ether oxygens (including phenoxy) is 1. The molecule has 0 amide bonds. The van der Waals surface area contributed by atoms with E-state index >= 15 is 0 Å². The third-order valence-electron chi connectivity index (χ3n) is 5.87. The van der Waals surface area contributed by atoms with Crippen LogP contribution in [0.15, 0.2) is 60.8 Å². The van der Waals surface area contributed by atoms with Gasteiger partial charge in [0.2, 0.25) is 0 Å². The van der Waals surface area contributed by atoms with Crippen LogP contribution in [0.4, 0.5) is 11.4 Å². The Morgan fingerprint density at radius 3 is 2.41 bits per heavy atom. The number of carbonyl (C=O) groups is 1. The zero-order chi connectivity index (χ0) is 22.2. The number of Topliss-reactive ketones (excluding diaryl/α,β-unsaturated/α-hetero) is 1. The van der Waals surface area contributed by atoms with Gasteiger partial charge in [-0.25, -0.2) is 0 Å². The van der Waals surface area contributed by atoms with Gasteiger partial charge in [-0.1, -0.05) is 24.3 Å². The van der Waals surface area contributed by atoms with Crippen molar-refractivity contribution in [2.24, 2.45) is 5.92 Å². The summed E-state index contributed by atoms with van der Waals surface area (Å²) in [6.45, 7) is 4.55. The zero-order valence-corrected chi connectivity index (χ0v) is 18.5. The molecule has 0 aliphatic carbocycles. The lowest BCUT2D eigenvalue weighted by Gasteiger charge is -2.22. The molecule has 1 aliphatic rings. The first kappa shape index (κ1) is 22.0. The average Bonchev–Trinajstić information content (AvgIpc) is 2.82. The summed E-state index contributed by atoms with van der Waals surface area (Å²) in [6, 6.07) is 18.4. The van der Waals surface area contributed by atoms with Crippen LogP contribution in [0.2, 0.25) is 0 Å². The Bertz CT molecular complexity index is 1010. The average molecular weight is 431 g/mol. The van der Waals surface area contributed by atoms with Crippen molar-refractivity contribution in [3.63, 3.8) is 0 Å². The van der Waals surface area contributed by atoms with E-state index in [1.807, 2.05) is 12.1 Å². The largest absolute Gasteiger partial charge is 0.494 e. The van der Waals surface area contributed by atoms with Crippen LogP contribution in [0.5, 0.6) is 5.75 Å². The van der Waals surface area contributed by atoms with Crippen LogP contribution in [0.3, 0.4) is 0 Å². The highest BCUT2D eigenvalue weighted by Gasteiger charge is 2.13. The highest BCUT2D eigenvalue weighted by Crippen LogP contribution is 2.22. The maximum Gasteiger partial charge on any atom is 0.182 e. The Morgan fingerprint density at radius 2 is 1.72 bits per heavy atom. The van der Waals surface area contributed by atoms with E-state index in [9.17, 15) is 4.79 Å². The second kappa shape index (κ2) is 10.9. The van der Waals surface area contributed by atoms with Crippen LogP contribution in [-0.2, 0) is 6.42 Å². The Hall–Kier alpha value is -3.25. The molecule has 0 radical (unpaired) electrons. The van der Waals surface area contributed by atoms with Crippen molar-refractivity contribution in [3.05, 3.63) is 77.6 Å². The molecule has 1 saturated heterocycles. The number of carbonyl (C=O) groups excluding carboxylic acids is 1. The van der Waals surface area contributed by atoms with Gasteiger partial charge in [-0.15, -0.1) is 5.10 Å². The van der Waals surface area contributed by atoms with E-state index in [1.165, 1.54) is 30.9 Å². The highest BCUT2D eigenvalue weighted by molar-refractivity contribution is 5.97. The molecule has 3 aromatic rings. The molecular formula is C26H30N4O2. The summed E-state index contributed by atoms with van der Waals surface area (Å²) in [7, 11) is 0. The van der Waals surface area contributed by atoms with Gasteiger partial charge in [0, 0.05) is 12.6 Å². The van der Waals surface area contributed by atoms with Gasteiger partial charge in [-0.3, -0.25) is 4.79 Å². The Balaban J connectivity index is 1.28. The molecule has 0 bridgehead atoms. The molecule has 32 heavy (non-hydrogen) atoms. The van der Waals surface area contributed by atoms with Crippen molar-refractivity contribution in [3.8, 4) is 5.75 Å². The molecule has 0 unspecified atom stereocenters. The van der Waals surface area contributed by atoms with Gasteiger partial charge in [0.05, 0.1) is 18.5 Å². The minimum atomic E-state index is -0.115. The third-order valence-corrected chi connectivity index (χ3v) is 5.87. The smallest absolute Gasteiger partial charge is 0.182 e. The number of benzene rings is 2. The SMILES string of the molecule is CC(=O)c1nnccc1Nc1ccc(Cc2ccc(OCCC3CCNCC3)cc2)cc1. The summed E-state index contributed by atoms with van der Waals surface area (Å²) in [5, 5.41) is 14.4. The summed E-state index contributed by atoms with van der Waals surface area (Å²) < 4.78 is 5.95. The second-order valence-electron chi connectivity index (χ2n) is 8.32. The number of hydrogen-bond acceptors (Lipinski definition) is 6. The summed E-state index contributed by atoms with van der Waals surface area (Å²) in [4.78, 5) is 11.7. The molecule has 0 spiro atoms. The van der Waals surface area contributed by atoms with E-state index < -0.39 is 0 Å². The lowest BCUT2D eigenvalue weighted by molar-refractivity contribution is 0.101. The maximum atomic E-state index is 11.7. The van der Waals surface area contributed by atoms with Crippen LogP contribution < -0.4 is 15.4 Å². The fraction of sp³-hybridized carbons (Fsp3) is 0.346. The molecule has 166 valence electrons. The predicted molar refractivity (Wildman–Crippen MR) is 127 cm³/mol. The summed E-state index contributed by atoms with van der Waals surface area (Å²) in [6.07, 6.45) is 6.07. The van der Waals surface area contributed by atoms with Gasteiger partial charge in [0.25, 0.3) is 0 Å². The molecule has 1 aliphatic heterocycles. The van der Waals surface area contributed by atoms with Crippen molar-refractivity contribution in [2.45, 2.75) is 32.6 Å². The fourth-order valence-corrected chi connectivity index (χ4v) is 4.01. The van der Waals surface area contributed by atoms with E-state index in [4.69, 9.17) is 4.74 Å². The van der Waals surface area contributed by atoms with Gasteiger partial charge in [-0.2, -0.15) is 5.10 Å². The van der Waals surface area contributed by atoms with Gasteiger partial charge in [0.15, 0.2) is 11.5 Å². The molecule has 2 heterocycles. The number of aromatic nitrogens is 2. The van der Waals surface area contributed by atoms with Crippen LogP contribution in [0.1, 0.15) is 47.8 Å². The molecule has 0 atom stereocenters. The number of anilines is 2. The maximum absolute atomic E-state index is 11.7.